The maximum atomic E-state index is 13.4. The Morgan fingerprint density at radius 1 is 1.02 bits per heavy atom. The molecule has 0 saturated carbocycles. The molecule has 3 heterocycles. The molecule has 0 fully saturated rings. The Morgan fingerprint density at radius 2 is 1.82 bits per heavy atom. The molecule has 1 aliphatic rings. The Bertz CT molecular complexity index is 1750. The van der Waals surface area contributed by atoms with E-state index < -0.39 is 29.4 Å². The van der Waals surface area contributed by atoms with E-state index in [2.05, 4.69) is 0 Å². The highest BCUT2D eigenvalue weighted by Crippen LogP contribution is 2.33. The van der Waals surface area contributed by atoms with Gasteiger partial charge in [-0.25, -0.2) is 14.6 Å². The van der Waals surface area contributed by atoms with Crippen LogP contribution in [0.3, 0.4) is 0 Å². The second kappa shape index (κ2) is 12.7. The summed E-state index contributed by atoms with van der Waals surface area (Å²) >= 11 is 0. The molecule has 0 saturated heterocycles. The molecular weight excluding hydrogens is 587 g/mol. The van der Waals surface area contributed by atoms with Crippen molar-refractivity contribution in [3.8, 4) is 5.75 Å². The molecule has 8 nitrogen and oxygen atoms in total. The largest absolute Gasteiger partial charge is 0.493 e. The third-order valence-corrected chi connectivity index (χ3v) is 7.20. The summed E-state index contributed by atoms with van der Waals surface area (Å²) < 4.78 is 58.3. The molecule has 2 aromatic carbocycles. The summed E-state index contributed by atoms with van der Waals surface area (Å²) in [5, 5.41) is 0.759. The Kier molecular flexibility index (Phi) is 8.90. The third-order valence-electron chi connectivity index (χ3n) is 7.20. The monoisotopic (exact) mass is 621 g/mol. The number of aromatic nitrogens is 2. The van der Waals surface area contributed by atoms with Crippen molar-refractivity contribution in [3.05, 3.63) is 95.3 Å². The SMILES string of the molecule is COC(=O)/C=C(\c1cccc(C(F)(F)F)c1)n1ccc2cc(OCCc3ccc4c(n3)N(C(=O)OC(C)(C)C)CCC4)ccc21. The van der Waals surface area contributed by atoms with E-state index in [4.69, 9.17) is 19.2 Å². The smallest absolute Gasteiger partial charge is 0.416 e. The summed E-state index contributed by atoms with van der Waals surface area (Å²) in [5.74, 6) is 0.507. The summed E-state index contributed by atoms with van der Waals surface area (Å²) in [5.41, 5.74) is 1.43. The molecule has 0 spiro atoms. The molecule has 0 radical (unpaired) electrons. The minimum Gasteiger partial charge on any atom is -0.493 e. The maximum absolute atomic E-state index is 13.4. The van der Waals surface area contributed by atoms with Crippen LogP contribution >= 0.6 is 0 Å². The molecule has 1 aliphatic heterocycles. The highest BCUT2D eigenvalue weighted by molar-refractivity contribution is 5.95. The van der Waals surface area contributed by atoms with Gasteiger partial charge in [-0.2, -0.15) is 13.2 Å². The fourth-order valence-corrected chi connectivity index (χ4v) is 5.12. The number of anilines is 1. The number of hydrogen-bond acceptors (Lipinski definition) is 6. The number of amides is 1. The lowest BCUT2D eigenvalue weighted by atomic mass is 10.1. The number of aryl methyl sites for hydroxylation is 1. The van der Waals surface area contributed by atoms with Crippen LogP contribution in [0.1, 0.15) is 49.6 Å². The second-order valence-electron chi connectivity index (χ2n) is 11.7. The number of rotatable bonds is 7. The van der Waals surface area contributed by atoms with E-state index in [1.54, 1.807) is 33.9 Å². The van der Waals surface area contributed by atoms with Crippen LogP contribution in [-0.2, 0) is 33.3 Å². The fourth-order valence-electron chi connectivity index (χ4n) is 5.12. The average Bonchev–Trinajstić information content (AvgIpc) is 3.41. The number of alkyl halides is 3. The molecule has 236 valence electrons. The number of carbonyl (C=O) groups is 2. The minimum absolute atomic E-state index is 0.204. The van der Waals surface area contributed by atoms with Gasteiger partial charge in [-0.3, -0.25) is 4.90 Å². The molecule has 5 rings (SSSR count). The molecule has 0 N–H and O–H groups in total. The van der Waals surface area contributed by atoms with Gasteiger partial charge in [0.1, 0.15) is 17.2 Å². The lowest BCUT2D eigenvalue weighted by Gasteiger charge is -2.31. The first-order valence-corrected chi connectivity index (χ1v) is 14.5. The summed E-state index contributed by atoms with van der Waals surface area (Å²) in [6, 6.07) is 15.9. The van der Waals surface area contributed by atoms with Crippen LogP contribution in [0.15, 0.2) is 72.9 Å². The Balaban J connectivity index is 1.33. The van der Waals surface area contributed by atoms with Crippen molar-refractivity contribution >= 4 is 34.5 Å². The standard InChI is InChI=1S/C34H34F3N3O5/c1-33(2,3)45-32(42)40-16-6-8-22-10-11-26(38-31(22)40)15-18-44-27-12-13-28-24(20-27)14-17-39(28)29(21-30(41)43-4)23-7-5-9-25(19-23)34(35,36)37/h5,7,9-14,17,19-21H,6,8,15-16,18H2,1-4H3/b29-21+. The van der Waals surface area contributed by atoms with Gasteiger partial charge in [0.2, 0.25) is 0 Å². The molecule has 0 unspecified atom stereocenters. The number of ether oxygens (including phenoxy) is 3. The van der Waals surface area contributed by atoms with Gasteiger partial charge in [0.25, 0.3) is 0 Å². The number of esters is 1. The van der Waals surface area contributed by atoms with Crippen LogP contribution in [0.4, 0.5) is 23.8 Å². The topological polar surface area (TPSA) is 82.9 Å². The van der Waals surface area contributed by atoms with Crippen molar-refractivity contribution in [1.29, 1.82) is 0 Å². The number of pyridine rings is 1. The molecule has 4 aromatic rings. The zero-order valence-electron chi connectivity index (χ0n) is 25.5. The number of nitrogens with zero attached hydrogens (tertiary/aromatic N) is 3. The van der Waals surface area contributed by atoms with Gasteiger partial charge in [0.05, 0.1) is 30.5 Å². The van der Waals surface area contributed by atoms with Gasteiger partial charge in [0.15, 0.2) is 0 Å². The highest BCUT2D eigenvalue weighted by Gasteiger charge is 2.31. The lowest BCUT2D eigenvalue weighted by Crippen LogP contribution is -2.40. The van der Waals surface area contributed by atoms with Gasteiger partial charge in [-0.1, -0.05) is 18.2 Å². The number of methoxy groups -OCH3 is 1. The predicted octanol–water partition coefficient (Wildman–Crippen LogP) is 7.43. The molecule has 2 aromatic heterocycles. The summed E-state index contributed by atoms with van der Waals surface area (Å²) in [4.78, 5) is 31.4. The fraction of sp³-hybridized carbons (Fsp3) is 0.324. The molecule has 1 amide bonds. The zero-order chi connectivity index (χ0) is 32.4. The number of hydrogen-bond donors (Lipinski definition) is 0. The van der Waals surface area contributed by atoms with Gasteiger partial charge >= 0.3 is 18.2 Å². The number of carbonyl (C=O) groups excluding carboxylic acids is 2. The van der Waals surface area contributed by atoms with Crippen LogP contribution in [-0.4, -0.2) is 47.5 Å². The highest BCUT2D eigenvalue weighted by atomic mass is 19.4. The Labute approximate surface area is 259 Å². The maximum Gasteiger partial charge on any atom is 0.416 e. The first-order valence-electron chi connectivity index (χ1n) is 14.5. The predicted molar refractivity (Wildman–Crippen MR) is 164 cm³/mol. The first kappa shape index (κ1) is 31.6. The van der Waals surface area contributed by atoms with Crippen LogP contribution in [0, 0.1) is 0 Å². The summed E-state index contributed by atoms with van der Waals surface area (Å²) in [7, 11) is 1.21. The quantitative estimate of drug-likeness (QED) is 0.158. The van der Waals surface area contributed by atoms with Gasteiger partial charge in [-0.15, -0.1) is 0 Å². The molecule has 0 bridgehead atoms. The van der Waals surface area contributed by atoms with Crippen LogP contribution in [0.5, 0.6) is 5.75 Å². The van der Waals surface area contributed by atoms with E-state index >= 15 is 0 Å². The van der Waals surface area contributed by atoms with Crippen LogP contribution in [0.2, 0.25) is 0 Å². The number of halogens is 3. The molecule has 0 aliphatic carbocycles. The first-order chi connectivity index (χ1) is 21.3. The molecule has 0 atom stereocenters. The van der Waals surface area contributed by atoms with Crippen molar-refractivity contribution in [1.82, 2.24) is 9.55 Å². The van der Waals surface area contributed by atoms with E-state index in [9.17, 15) is 22.8 Å². The lowest BCUT2D eigenvalue weighted by molar-refractivity contribution is -0.137. The van der Waals surface area contributed by atoms with Gasteiger partial charge < -0.3 is 18.8 Å². The Hall–Kier alpha value is -4.80. The van der Waals surface area contributed by atoms with Gasteiger partial charge in [-0.05, 0) is 87.2 Å². The van der Waals surface area contributed by atoms with Crippen molar-refractivity contribution in [2.75, 3.05) is 25.2 Å². The minimum atomic E-state index is -4.54. The van der Waals surface area contributed by atoms with E-state index in [1.807, 2.05) is 39.0 Å². The van der Waals surface area contributed by atoms with Crippen LogP contribution in [0.25, 0.3) is 16.6 Å². The summed E-state index contributed by atoms with van der Waals surface area (Å²) in [6.45, 7) is 6.35. The summed E-state index contributed by atoms with van der Waals surface area (Å²) in [6.07, 6.45) is 0.0519. The molecule has 45 heavy (non-hydrogen) atoms. The van der Waals surface area contributed by atoms with E-state index in [-0.39, 0.29) is 11.3 Å². The average molecular weight is 622 g/mol. The third kappa shape index (κ3) is 7.47. The zero-order valence-corrected chi connectivity index (χ0v) is 25.5. The van der Waals surface area contributed by atoms with E-state index in [1.165, 1.54) is 19.2 Å². The second-order valence-corrected chi connectivity index (χ2v) is 11.7. The van der Waals surface area contributed by atoms with Gasteiger partial charge in [0, 0.05) is 36.3 Å². The van der Waals surface area contributed by atoms with Crippen LogP contribution < -0.4 is 9.64 Å². The van der Waals surface area contributed by atoms with Crippen molar-refractivity contribution in [2.24, 2.45) is 0 Å². The molecule has 11 heteroatoms. The normalized spacial score (nSPS) is 13.8. The number of benzene rings is 2. The van der Waals surface area contributed by atoms with E-state index in [0.29, 0.717) is 36.7 Å². The van der Waals surface area contributed by atoms with Crippen molar-refractivity contribution in [3.63, 3.8) is 0 Å². The Morgan fingerprint density at radius 3 is 2.56 bits per heavy atom. The molecular formula is C34H34F3N3O5. The van der Waals surface area contributed by atoms with E-state index in [0.717, 1.165) is 47.7 Å². The van der Waals surface area contributed by atoms with Crippen molar-refractivity contribution < 1.29 is 37.0 Å². The van der Waals surface area contributed by atoms with Crippen molar-refractivity contribution in [2.45, 2.75) is 51.8 Å². The number of fused-ring (bicyclic) bond motifs is 2.